The molecule has 2 aromatic rings. The van der Waals surface area contributed by atoms with E-state index in [0.717, 1.165) is 74.8 Å². The van der Waals surface area contributed by atoms with Crippen molar-refractivity contribution in [1.29, 1.82) is 0 Å². The van der Waals surface area contributed by atoms with Crippen LogP contribution in [0.4, 0.5) is 10.2 Å². The normalized spacial score (nSPS) is 16.0. The number of aromatic nitrogens is 2. The number of piperazine rings is 1. The minimum absolute atomic E-state index is 0.266. The van der Waals surface area contributed by atoms with Gasteiger partial charge in [0.2, 0.25) is 0 Å². The van der Waals surface area contributed by atoms with Crippen LogP contribution in [0.2, 0.25) is 5.02 Å². The first kappa shape index (κ1) is 23.9. The first-order valence-corrected chi connectivity index (χ1v) is 11.7. The van der Waals surface area contributed by atoms with Crippen LogP contribution in [0, 0.1) is 12.7 Å². The zero-order valence-electron chi connectivity index (χ0n) is 18.9. The molecule has 5 nitrogen and oxygen atoms in total. The van der Waals surface area contributed by atoms with Gasteiger partial charge < -0.3 is 10.0 Å². The van der Waals surface area contributed by atoms with Crippen LogP contribution in [-0.2, 0) is 12.8 Å². The number of hydrogen-bond acceptors (Lipinski definition) is 5. The molecule has 1 saturated heterocycles. The Balaban J connectivity index is 1.79. The van der Waals surface area contributed by atoms with Crippen LogP contribution in [0.3, 0.4) is 0 Å². The fraction of sp³-hybridized carbons (Fsp3) is 0.583. The molecule has 1 N–H and O–H groups in total. The van der Waals surface area contributed by atoms with Gasteiger partial charge in [0.05, 0.1) is 6.10 Å². The molecule has 1 fully saturated rings. The van der Waals surface area contributed by atoms with E-state index in [-0.39, 0.29) is 11.9 Å². The number of halogens is 2. The Morgan fingerprint density at radius 1 is 1.13 bits per heavy atom. The maximum Gasteiger partial charge on any atom is 0.136 e. The second-order valence-corrected chi connectivity index (χ2v) is 8.74. The van der Waals surface area contributed by atoms with Crippen molar-refractivity contribution in [3.8, 4) is 0 Å². The predicted molar refractivity (Wildman–Crippen MR) is 125 cm³/mol. The van der Waals surface area contributed by atoms with Gasteiger partial charge in [0, 0.05) is 61.0 Å². The van der Waals surface area contributed by atoms with Crippen LogP contribution >= 0.6 is 11.6 Å². The number of hydrogen-bond donors (Lipinski definition) is 1. The Morgan fingerprint density at radius 2 is 1.87 bits per heavy atom. The monoisotopic (exact) mass is 448 g/mol. The molecule has 0 spiro atoms. The highest BCUT2D eigenvalue weighted by atomic mass is 35.5. The highest BCUT2D eigenvalue weighted by Gasteiger charge is 2.25. The molecule has 1 atom stereocenters. The van der Waals surface area contributed by atoms with Gasteiger partial charge in [-0.15, -0.1) is 0 Å². The van der Waals surface area contributed by atoms with E-state index in [2.05, 4.69) is 28.6 Å². The van der Waals surface area contributed by atoms with Gasteiger partial charge >= 0.3 is 0 Å². The molecule has 0 saturated carbocycles. The Kier molecular flexibility index (Phi) is 8.64. The summed E-state index contributed by atoms with van der Waals surface area (Å²) in [6, 6.07) is 4.80. The highest BCUT2D eigenvalue weighted by Crippen LogP contribution is 2.29. The van der Waals surface area contributed by atoms with E-state index >= 15 is 0 Å². The summed E-state index contributed by atoms with van der Waals surface area (Å²) in [4.78, 5) is 14.0. The minimum Gasteiger partial charge on any atom is -0.392 e. The molecule has 1 aromatic carbocycles. The predicted octanol–water partition coefficient (Wildman–Crippen LogP) is 4.40. The summed E-state index contributed by atoms with van der Waals surface area (Å²) in [5, 5.41) is 10.7. The number of aliphatic hydroxyl groups excluding tert-OH is 1. The average molecular weight is 449 g/mol. The first-order valence-electron chi connectivity index (χ1n) is 11.4. The molecule has 0 bridgehead atoms. The molecule has 0 unspecified atom stereocenters. The highest BCUT2D eigenvalue weighted by molar-refractivity contribution is 6.31. The van der Waals surface area contributed by atoms with Crippen molar-refractivity contribution >= 4 is 17.4 Å². The van der Waals surface area contributed by atoms with E-state index in [1.54, 1.807) is 12.1 Å². The second kappa shape index (κ2) is 11.2. The van der Waals surface area contributed by atoms with E-state index in [1.165, 1.54) is 6.07 Å². The zero-order chi connectivity index (χ0) is 22.4. The van der Waals surface area contributed by atoms with Gasteiger partial charge in [0.15, 0.2) is 0 Å². The van der Waals surface area contributed by atoms with Gasteiger partial charge in [0.1, 0.15) is 17.5 Å². The number of anilines is 1. The summed E-state index contributed by atoms with van der Waals surface area (Å²) in [6.45, 7) is 10.2. The maximum absolute atomic E-state index is 14.5. The lowest BCUT2D eigenvalue weighted by molar-refractivity contribution is 0.100. The molecular weight excluding hydrogens is 415 g/mol. The Labute approximate surface area is 190 Å². The smallest absolute Gasteiger partial charge is 0.136 e. The lowest BCUT2D eigenvalue weighted by Crippen LogP contribution is -2.49. The molecule has 0 amide bonds. The molecule has 3 rings (SSSR count). The molecule has 0 aliphatic carbocycles. The van der Waals surface area contributed by atoms with Gasteiger partial charge in [-0.25, -0.2) is 14.4 Å². The maximum atomic E-state index is 14.5. The van der Waals surface area contributed by atoms with Crippen molar-refractivity contribution < 1.29 is 9.50 Å². The SMILES string of the molecule is CCCC[C@@H](O)CN1CCN(c2nc(C)nc(CC)c2Cc2c(F)cccc2Cl)CC1. The number of rotatable bonds is 9. The van der Waals surface area contributed by atoms with Crippen molar-refractivity contribution in [1.82, 2.24) is 14.9 Å². The number of nitrogens with zero attached hydrogens (tertiary/aromatic N) is 4. The minimum atomic E-state index is -0.299. The van der Waals surface area contributed by atoms with Crippen molar-refractivity contribution in [3.63, 3.8) is 0 Å². The number of β-amino-alcohol motifs (C(OH)–C–C–N with tert-alkyl or cyclic N) is 1. The molecule has 1 aliphatic heterocycles. The Morgan fingerprint density at radius 3 is 2.52 bits per heavy atom. The first-order chi connectivity index (χ1) is 14.9. The van der Waals surface area contributed by atoms with Crippen LogP contribution in [-0.4, -0.2) is 58.8 Å². The van der Waals surface area contributed by atoms with E-state index in [4.69, 9.17) is 16.6 Å². The molecular formula is C24H34ClFN4O. The lowest BCUT2D eigenvalue weighted by atomic mass is 10.0. The topological polar surface area (TPSA) is 52.5 Å². The van der Waals surface area contributed by atoms with Crippen molar-refractivity contribution in [3.05, 3.63) is 51.7 Å². The van der Waals surface area contributed by atoms with Gasteiger partial charge in [0.25, 0.3) is 0 Å². The average Bonchev–Trinajstić information content (AvgIpc) is 2.76. The summed E-state index contributed by atoms with van der Waals surface area (Å²) in [5.74, 6) is 1.31. The third kappa shape index (κ3) is 6.15. The fourth-order valence-corrected chi connectivity index (χ4v) is 4.45. The van der Waals surface area contributed by atoms with Crippen molar-refractivity contribution in [2.45, 2.75) is 59.0 Å². The summed E-state index contributed by atoms with van der Waals surface area (Å²) in [6.07, 6.45) is 3.88. The lowest BCUT2D eigenvalue weighted by Gasteiger charge is -2.37. The number of aryl methyl sites for hydroxylation is 2. The van der Waals surface area contributed by atoms with E-state index in [9.17, 15) is 9.50 Å². The summed E-state index contributed by atoms with van der Waals surface area (Å²) >= 11 is 6.32. The number of unbranched alkanes of at least 4 members (excludes halogenated alkanes) is 1. The molecule has 0 radical (unpaired) electrons. The largest absolute Gasteiger partial charge is 0.392 e. The van der Waals surface area contributed by atoms with Gasteiger partial charge in [-0.2, -0.15) is 0 Å². The van der Waals surface area contributed by atoms with Gasteiger partial charge in [-0.05, 0) is 31.9 Å². The molecule has 1 aliphatic rings. The van der Waals surface area contributed by atoms with Crippen molar-refractivity contribution in [2.24, 2.45) is 0 Å². The summed E-state index contributed by atoms with van der Waals surface area (Å²) < 4.78 is 14.5. The van der Waals surface area contributed by atoms with Crippen LogP contribution < -0.4 is 4.90 Å². The van der Waals surface area contributed by atoms with E-state index < -0.39 is 0 Å². The third-order valence-corrected chi connectivity index (χ3v) is 6.32. The van der Waals surface area contributed by atoms with Crippen molar-refractivity contribution in [2.75, 3.05) is 37.6 Å². The Bertz CT molecular complexity index is 851. The molecule has 1 aromatic heterocycles. The summed E-state index contributed by atoms with van der Waals surface area (Å²) in [5.41, 5.74) is 2.39. The zero-order valence-corrected chi connectivity index (χ0v) is 19.6. The fourth-order valence-electron chi connectivity index (χ4n) is 4.22. The third-order valence-electron chi connectivity index (χ3n) is 5.96. The second-order valence-electron chi connectivity index (χ2n) is 8.33. The molecule has 7 heteroatoms. The summed E-state index contributed by atoms with van der Waals surface area (Å²) in [7, 11) is 0. The quantitative estimate of drug-likeness (QED) is 0.616. The standard InChI is InChI=1S/C24H34ClFN4O/c1-4-6-8-18(31)16-29-11-13-30(14-12-29)24-20(23(5-2)27-17(3)28-24)15-19-21(25)9-7-10-22(19)26/h7,9-10,18,31H,4-6,8,11-16H2,1-3H3/t18-/m1/s1. The van der Waals surface area contributed by atoms with Crippen LogP contribution in [0.1, 0.15) is 55.8 Å². The number of benzene rings is 1. The van der Waals surface area contributed by atoms with Crippen LogP contribution in [0.25, 0.3) is 0 Å². The Hall–Kier alpha value is -1.76. The molecule has 31 heavy (non-hydrogen) atoms. The van der Waals surface area contributed by atoms with E-state index in [1.807, 2.05) is 6.92 Å². The molecule has 170 valence electrons. The van der Waals surface area contributed by atoms with Crippen LogP contribution in [0.5, 0.6) is 0 Å². The van der Waals surface area contributed by atoms with Gasteiger partial charge in [-0.3, -0.25) is 4.90 Å². The van der Waals surface area contributed by atoms with Gasteiger partial charge in [-0.1, -0.05) is 44.4 Å². The van der Waals surface area contributed by atoms with Crippen LogP contribution in [0.15, 0.2) is 18.2 Å². The molecule has 2 heterocycles. The number of aliphatic hydroxyl groups is 1. The van der Waals surface area contributed by atoms with E-state index in [0.29, 0.717) is 23.6 Å².